The highest BCUT2D eigenvalue weighted by atomic mass is 35.5. The lowest BCUT2D eigenvalue weighted by Crippen LogP contribution is -2.13. The van der Waals surface area contributed by atoms with Crippen LogP contribution >= 0.6 is 11.6 Å². The number of hydrogen-bond donors (Lipinski definition) is 1. The Morgan fingerprint density at radius 3 is 2.45 bits per heavy atom. The predicted octanol–water partition coefficient (Wildman–Crippen LogP) is 4.42. The van der Waals surface area contributed by atoms with E-state index in [9.17, 15) is 21.6 Å². The number of ether oxygens (including phenoxy) is 2. The molecule has 13 heteroatoms. The molecule has 0 saturated heterocycles. The number of anilines is 1. The van der Waals surface area contributed by atoms with Crippen molar-refractivity contribution in [1.29, 1.82) is 0 Å². The number of sulfonamides is 1. The van der Waals surface area contributed by atoms with Crippen LogP contribution in [0, 0.1) is 0 Å². The van der Waals surface area contributed by atoms with Crippen molar-refractivity contribution in [3.63, 3.8) is 0 Å². The van der Waals surface area contributed by atoms with E-state index in [4.69, 9.17) is 25.5 Å². The van der Waals surface area contributed by atoms with E-state index in [1.165, 1.54) is 26.4 Å². The van der Waals surface area contributed by atoms with Crippen molar-refractivity contribution >= 4 is 27.3 Å². The monoisotopic (exact) mass is 452 g/mol. The third-order valence-corrected chi connectivity index (χ3v) is 5.13. The summed E-state index contributed by atoms with van der Waals surface area (Å²) in [7, 11) is -1.60. The van der Waals surface area contributed by atoms with E-state index in [1.54, 1.807) is 0 Å². The molecule has 0 fully saturated rings. The average molecular weight is 453 g/mol. The maximum absolute atomic E-state index is 12.6. The first kappa shape index (κ1) is 20.9. The van der Waals surface area contributed by atoms with E-state index >= 15 is 0 Å². The Balaban J connectivity index is 1.91. The summed E-state index contributed by atoms with van der Waals surface area (Å²) in [4.78, 5) is 0. The van der Waals surface area contributed by atoms with Crippen LogP contribution in [0.4, 0.5) is 18.9 Å². The molecule has 2 aromatic heterocycles. The number of halogens is 4. The zero-order valence-electron chi connectivity index (χ0n) is 14.7. The van der Waals surface area contributed by atoms with Crippen molar-refractivity contribution in [2.24, 2.45) is 0 Å². The smallest absolute Gasteiger partial charge is 0.452 e. The van der Waals surface area contributed by atoms with Crippen molar-refractivity contribution in [1.82, 2.24) is 5.16 Å². The van der Waals surface area contributed by atoms with Crippen molar-refractivity contribution in [2.45, 2.75) is 11.3 Å². The number of benzene rings is 1. The fourth-order valence-corrected chi connectivity index (χ4v) is 3.58. The van der Waals surface area contributed by atoms with Gasteiger partial charge in [0.1, 0.15) is 22.9 Å². The van der Waals surface area contributed by atoms with Gasteiger partial charge in [-0.15, -0.1) is 0 Å². The number of hydrogen-bond acceptors (Lipinski definition) is 7. The van der Waals surface area contributed by atoms with Gasteiger partial charge in [-0.1, -0.05) is 16.8 Å². The topological polar surface area (TPSA) is 104 Å². The minimum absolute atomic E-state index is 0.0112. The molecule has 29 heavy (non-hydrogen) atoms. The van der Waals surface area contributed by atoms with Gasteiger partial charge in [-0.3, -0.25) is 4.72 Å². The molecule has 0 bridgehead atoms. The summed E-state index contributed by atoms with van der Waals surface area (Å²) in [5.41, 5.74) is -0.396. The lowest BCUT2D eigenvalue weighted by molar-refractivity contribution is -0.155. The molecule has 156 valence electrons. The van der Waals surface area contributed by atoms with Crippen LogP contribution in [0.5, 0.6) is 11.5 Å². The number of rotatable bonds is 6. The number of aromatic nitrogens is 1. The van der Waals surface area contributed by atoms with Crippen molar-refractivity contribution in [3.8, 4) is 23.0 Å². The fraction of sp³-hybridized carbons (Fsp3) is 0.188. The van der Waals surface area contributed by atoms with E-state index < -0.39 is 27.1 Å². The Labute approximate surface area is 167 Å². The zero-order valence-corrected chi connectivity index (χ0v) is 16.3. The van der Waals surface area contributed by atoms with E-state index in [2.05, 4.69) is 14.4 Å². The Morgan fingerprint density at radius 1 is 1.14 bits per heavy atom. The quantitative estimate of drug-likeness (QED) is 0.590. The molecule has 0 spiro atoms. The van der Waals surface area contributed by atoms with Gasteiger partial charge in [0.05, 0.1) is 19.2 Å². The third kappa shape index (κ3) is 4.27. The fourth-order valence-electron chi connectivity index (χ4n) is 2.25. The molecular formula is C16H12ClF3N2O6S. The van der Waals surface area contributed by atoms with Gasteiger partial charge < -0.3 is 18.4 Å². The highest BCUT2D eigenvalue weighted by molar-refractivity contribution is 7.92. The molecule has 2 heterocycles. The van der Waals surface area contributed by atoms with Crippen LogP contribution in [0.1, 0.15) is 5.76 Å². The highest BCUT2D eigenvalue weighted by Crippen LogP contribution is 2.39. The second-order valence-corrected chi connectivity index (χ2v) is 7.51. The van der Waals surface area contributed by atoms with Gasteiger partial charge in [0.2, 0.25) is 10.9 Å². The van der Waals surface area contributed by atoms with Gasteiger partial charge in [-0.05, 0) is 12.1 Å². The second-order valence-electron chi connectivity index (χ2n) is 5.48. The summed E-state index contributed by atoms with van der Waals surface area (Å²) in [6.45, 7) is 0. The van der Waals surface area contributed by atoms with Crippen LogP contribution < -0.4 is 14.2 Å². The Bertz CT molecular complexity index is 1140. The summed E-state index contributed by atoms with van der Waals surface area (Å²) in [6.07, 6.45) is -4.74. The Morgan fingerprint density at radius 2 is 1.86 bits per heavy atom. The van der Waals surface area contributed by atoms with Gasteiger partial charge in [0.15, 0.2) is 5.76 Å². The molecule has 1 aromatic carbocycles. The van der Waals surface area contributed by atoms with Gasteiger partial charge in [-0.25, -0.2) is 0 Å². The molecule has 0 saturated carbocycles. The molecule has 0 radical (unpaired) electrons. The molecular weight excluding hydrogens is 441 g/mol. The largest absolute Gasteiger partial charge is 0.497 e. The molecule has 0 atom stereocenters. The van der Waals surface area contributed by atoms with Crippen molar-refractivity contribution < 1.29 is 40.0 Å². The normalized spacial score (nSPS) is 12.1. The number of alkyl halides is 3. The summed E-state index contributed by atoms with van der Waals surface area (Å²) in [5, 5.41) is 2.64. The first-order valence-corrected chi connectivity index (χ1v) is 9.49. The standard InChI is InChI=1S/C16H12ClF3N2O6S/c1-25-8-5-9(17)15(12(6-8)26-2)22-29(23,24)14-4-3-11(27-14)10-7-13(28-21-10)16(18,19)20/h3-7,22H,1-2H3. The number of nitrogens with zero attached hydrogens (tertiary/aromatic N) is 1. The summed E-state index contributed by atoms with van der Waals surface area (Å²) in [5.74, 6) is -1.17. The Hall–Kier alpha value is -2.86. The molecule has 0 aliphatic rings. The van der Waals surface area contributed by atoms with Crippen molar-refractivity contribution in [3.05, 3.63) is 41.1 Å². The minimum atomic E-state index is -4.74. The molecule has 8 nitrogen and oxygen atoms in total. The third-order valence-electron chi connectivity index (χ3n) is 3.61. The molecule has 0 unspecified atom stereocenters. The second kappa shape index (κ2) is 7.52. The first-order chi connectivity index (χ1) is 13.5. The van der Waals surface area contributed by atoms with Crippen LogP contribution in [0.15, 0.2) is 44.4 Å². The van der Waals surface area contributed by atoms with E-state index in [1.807, 2.05) is 0 Å². The average Bonchev–Trinajstić information content (AvgIpc) is 3.32. The molecule has 3 aromatic rings. The van der Waals surface area contributed by atoms with Crippen LogP contribution in [0.2, 0.25) is 5.02 Å². The van der Waals surface area contributed by atoms with Crippen LogP contribution in [-0.4, -0.2) is 27.8 Å². The summed E-state index contributed by atoms with van der Waals surface area (Å²) >= 11 is 6.09. The van der Waals surface area contributed by atoms with Crippen molar-refractivity contribution in [2.75, 3.05) is 18.9 Å². The van der Waals surface area contributed by atoms with E-state index in [-0.39, 0.29) is 27.9 Å². The van der Waals surface area contributed by atoms with E-state index in [0.29, 0.717) is 11.8 Å². The minimum Gasteiger partial charge on any atom is -0.497 e. The molecule has 0 aliphatic heterocycles. The summed E-state index contributed by atoms with van der Waals surface area (Å²) in [6, 6.07) is 5.55. The van der Waals surface area contributed by atoms with Gasteiger partial charge in [0.25, 0.3) is 10.0 Å². The Kier molecular flexibility index (Phi) is 5.41. The van der Waals surface area contributed by atoms with Crippen LogP contribution in [0.25, 0.3) is 11.5 Å². The number of nitrogens with one attached hydrogen (secondary N) is 1. The zero-order chi connectivity index (χ0) is 21.4. The van der Waals surface area contributed by atoms with Gasteiger partial charge >= 0.3 is 6.18 Å². The van der Waals surface area contributed by atoms with Gasteiger partial charge in [-0.2, -0.15) is 21.6 Å². The maximum Gasteiger partial charge on any atom is 0.452 e. The SMILES string of the molecule is COc1cc(Cl)c(NS(=O)(=O)c2ccc(-c3cc(C(F)(F)F)on3)o2)c(OC)c1. The lowest BCUT2D eigenvalue weighted by Gasteiger charge is -2.13. The van der Waals surface area contributed by atoms with Crippen LogP contribution in [0.3, 0.4) is 0 Å². The summed E-state index contributed by atoms with van der Waals surface area (Å²) < 4.78 is 84.7. The van der Waals surface area contributed by atoms with E-state index in [0.717, 1.165) is 12.1 Å². The lowest BCUT2D eigenvalue weighted by atomic mass is 10.3. The predicted molar refractivity (Wildman–Crippen MR) is 94.6 cm³/mol. The van der Waals surface area contributed by atoms with Gasteiger partial charge in [0, 0.05) is 18.2 Å². The molecule has 1 N–H and O–H groups in total. The molecule has 3 rings (SSSR count). The number of methoxy groups -OCH3 is 2. The maximum atomic E-state index is 12.6. The number of furan rings is 1. The molecule has 0 aliphatic carbocycles. The first-order valence-electron chi connectivity index (χ1n) is 7.63. The van der Waals surface area contributed by atoms with Crippen LogP contribution in [-0.2, 0) is 16.2 Å². The molecule has 0 amide bonds. The highest BCUT2D eigenvalue weighted by Gasteiger charge is 2.36.